The van der Waals surface area contributed by atoms with Gasteiger partial charge < -0.3 is 5.32 Å². The quantitative estimate of drug-likeness (QED) is 0.784. The van der Waals surface area contributed by atoms with E-state index in [4.69, 9.17) is 0 Å². The molecule has 0 aromatic heterocycles. The molecule has 0 bridgehead atoms. The molecule has 0 spiro atoms. The van der Waals surface area contributed by atoms with Gasteiger partial charge in [-0.15, -0.1) is 0 Å². The van der Waals surface area contributed by atoms with Gasteiger partial charge >= 0.3 is 0 Å². The van der Waals surface area contributed by atoms with E-state index in [0.717, 1.165) is 38.8 Å². The van der Waals surface area contributed by atoms with Crippen molar-refractivity contribution < 1.29 is 8.78 Å². The molecule has 1 aliphatic carbocycles. The lowest BCUT2D eigenvalue weighted by Gasteiger charge is -2.35. The monoisotopic (exact) mass is 281 g/mol. The summed E-state index contributed by atoms with van der Waals surface area (Å²) in [4.78, 5) is 0. The second-order valence-corrected chi connectivity index (χ2v) is 6.12. The van der Waals surface area contributed by atoms with Crippen LogP contribution in [-0.4, -0.2) is 13.1 Å². The predicted molar refractivity (Wildman–Crippen MR) is 78.8 cm³/mol. The Morgan fingerprint density at radius 2 is 1.90 bits per heavy atom. The van der Waals surface area contributed by atoms with Crippen LogP contribution < -0.4 is 5.32 Å². The maximum absolute atomic E-state index is 14.1. The minimum Gasteiger partial charge on any atom is -0.316 e. The highest BCUT2D eigenvalue weighted by atomic mass is 19.1. The normalized spacial score (nSPS) is 26.7. The van der Waals surface area contributed by atoms with E-state index >= 15 is 0 Å². The Kier molecular flexibility index (Phi) is 5.53. The molecule has 0 aliphatic heterocycles. The molecule has 2 rings (SSSR count). The average molecular weight is 281 g/mol. The third-order valence-electron chi connectivity index (χ3n) is 4.46. The zero-order valence-corrected chi connectivity index (χ0v) is 12.5. The van der Waals surface area contributed by atoms with Crippen molar-refractivity contribution in [1.29, 1.82) is 0 Å². The van der Waals surface area contributed by atoms with Gasteiger partial charge in [0.05, 0.1) is 0 Å². The molecule has 1 saturated carbocycles. The highest BCUT2D eigenvalue weighted by Gasteiger charge is 2.32. The van der Waals surface area contributed by atoms with Crippen LogP contribution in [0, 0.1) is 23.5 Å². The number of hydrogen-bond donors (Lipinski definition) is 1. The SMILES string of the molecule is CCCNCC1CCC(C)CC1c1c(F)cccc1F. The molecule has 1 aliphatic rings. The summed E-state index contributed by atoms with van der Waals surface area (Å²) >= 11 is 0. The summed E-state index contributed by atoms with van der Waals surface area (Å²) in [6.45, 7) is 6.14. The Morgan fingerprint density at radius 1 is 1.20 bits per heavy atom. The first-order valence-electron chi connectivity index (χ1n) is 7.78. The van der Waals surface area contributed by atoms with E-state index in [0.29, 0.717) is 17.4 Å². The topological polar surface area (TPSA) is 12.0 Å². The second kappa shape index (κ2) is 7.16. The highest BCUT2D eigenvalue weighted by Crippen LogP contribution is 2.41. The zero-order chi connectivity index (χ0) is 14.5. The fourth-order valence-corrected chi connectivity index (χ4v) is 3.37. The number of nitrogens with one attached hydrogen (secondary N) is 1. The van der Waals surface area contributed by atoms with E-state index in [9.17, 15) is 8.78 Å². The van der Waals surface area contributed by atoms with Crippen molar-refractivity contribution in [2.24, 2.45) is 11.8 Å². The van der Waals surface area contributed by atoms with Crippen LogP contribution in [0.15, 0.2) is 18.2 Å². The van der Waals surface area contributed by atoms with Crippen LogP contribution in [0.3, 0.4) is 0 Å². The fourth-order valence-electron chi connectivity index (χ4n) is 3.37. The molecule has 0 heterocycles. The first-order valence-corrected chi connectivity index (χ1v) is 7.78. The molecular weight excluding hydrogens is 256 g/mol. The second-order valence-electron chi connectivity index (χ2n) is 6.12. The van der Waals surface area contributed by atoms with E-state index in [1.807, 2.05) is 0 Å². The molecule has 112 valence electrons. The van der Waals surface area contributed by atoms with Crippen LogP contribution in [0.25, 0.3) is 0 Å². The molecule has 1 fully saturated rings. The summed E-state index contributed by atoms with van der Waals surface area (Å²) in [5.41, 5.74) is 0.308. The standard InChI is InChI=1S/C17H25F2N/c1-3-9-20-11-13-8-7-12(2)10-14(13)17-15(18)5-4-6-16(17)19/h4-6,12-14,20H,3,7-11H2,1-2H3. The first-order chi connectivity index (χ1) is 9.63. The van der Waals surface area contributed by atoms with E-state index in [1.165, 1.54) is 18.2 Å². The van der Waals surface area contributed by atoms with Crippen molar-refractivity contribution in [2.45, 2.75) is 45.4 Å². The Bertz CT molecular complexity index is 413. The van der Waals surface area contributed by atoms with Gasteiger partial charge in [-0.2, -0.15) is 0 Å². The van der Waals surface area contributed by atoms with E-state index in [2.05, 4.69) is 19.2 Å². The summed E-state index contributed by atoms with van der Waals surface area (Å²) in [5, 5.41) is 3.41. The van der Waals surface area contributed by atoms with Gasteiger partial charge in [-0.05, 0) is 62.2 Å². The lowest BCUT2D eigenvalue weighted by atomic mass is 9.71. The van der Waals surface area contributed by atoms with Crippen molar-refractivity contribution >= 4 is 0 Å². The molecule has 3 heteroatoms. The van der Waals surface area contributed by atoms with Crippen molar-refractivity contribution in [1.82, 2.24) is 5.32 Å². The third-order valence-corrected chi connectivity index (χ3v) is 4.46. The molecule has 20 heavy (non-hydrogen) atoms. The minimum atomic E-state index is -0.385. The van der Waals surface area contributed by atoms with Crippen LogP contribution in [0.5, 0.6) is 0 Å². The van der Waals surface area contributed by atoms with Crippen LogP contribution in [0.2, 0.25) is 0 Å². The zero-order valence-electron chi connectivity index (χ0n) is 12.5. The number of benzene rings is 1. The maximum atomic E-state index is 14.1. The van der Waals surface area contributed by atoms with Gasteiger partial charge in [0.15, 0.2) is 0 Å². The smallest absolute Gasteiger partial charge is 0.129 e. The largest absolute Gasteiger partial charge is 0.316 e. The molecule has 1 aromatic carbocycles. The summed E-state index contributed by atoms with van der Waals surface area (Å²) in [7, 11) is 0. The van der Waals surface area contributed by atoms with Gasteiger partial charge in [-0.25, -0.2) is 8.78 Å². The van der Waals surface area contributed by atoms with Gasteiger partial charge in [0.2, 0.25) is 0 Å². The molecular formula is C17H25F2N. The van der Waals surface area contributed by atoms with Crippen LogP contribution in [0.4, 0.5) is 8.78 Å². The Balaban J connectivity index is 2.19. The van der Waals surface area contributed by atoms with E-state index < -0.39 is 0 Å². The molecule has 1 nitrogen and oxygen atoms in total. The lowest BCUT2D eigenvalue weighted by Crippen LogP contribution is -2.32. The van der Waals surface area contributed by atoms with Gasteiger partial charge in [0, 0.05) is 5.56 Å². The molecule has 3 atom stereocenters. The van der Waals surface area contributed by atoms with Crippen LogP contribution in [-0.2, 0) is 0 Å². The van der Waals surface area contributed by atoms with Gasteiger partial charge in [-0.1, -0.05) is 26.3 Å². The Hall–Kier alpha value is -0.960. The predicted octanol–water partition coefficient (Wildman–Crippen LogP) is 4.48. The molecule has 3 unspecified atom stereocenters. The third kappa shape index (κ3) is 3.57. The van der Waals surface area contributed by atoms with Crippen molar-refractivity contribution in [3.63, 3.8) is 0 Å². The van der Waals surface area contributed by atoms with Gasteiger partial charge in [0.1, 0.15) is 11.6 Å². The van der Waals surface area contributed by atoms with E-state index in [1.54, 1.807) is 0 Å². The van der Waals surface area contributed by atoms with Gasteiger partial charge in [-0.3, -0.25) is 0 Å². The van der Waals surface area contributed by atoms with Crippen molar-refractivity contribution in [3.8, 4) is 0 Å². The average Bonchev–Trinajstić information content (AvgIpc) is 2.41. The number of hydrogen-bond acceptors (Lipinski definition) is 1. The number of halogens is 2. The maximum Gasteiger partial charge on any atom is 0.129 e. The van der Waals surface area contributed by atoms with Crippen molar-refractivity contribution in [2.75, 3.05) is 13.1 Å². The molecule has 1 aromatic rings. The highest BCUT2D eigenvalue weighted by molar-refractivity contribution is 5.25. The summed E-state index contributed by atoms with van der Waals surface area (Å²) < 4.78 is 28.1. The Morgan fingerprint density at radius 3 is 2.55 bits per heavy atom. The first kappa shape index (κ1) is 15.4. The van der Waals surface area contributed by atoms with Crippen LogP contribution in [0.1, 0.15) is 51.0 Å². The minimum absolute atomic E-state index is 0.00399. The molecule has 1 N–H and O–H groups in total. The fraction of sp³-hybridized carbons (Fsp3) is 0.647. The lowest BCUT2D eigenvalue weighted by molar-refractivity contribution is 0.233. The van der Waals surface area contributed by atoms with Crippen LogP contribution >= 0.6 is 0 Å². The summed E-state index contributed by atoms with van der Waals surface area (Å²) in [6, 6.07) is 4.22. The van der Waals surface area contributed by atoms with E-state index in [-0.39, 0.29) is 17.6 Å². The summed E-state index contributed by atoms with van der Waals surface area (Å²) in [6.07, 6.45) is 4.18. The molecule has 0 saturated heterocycles. The van der Waals surface area contributed by atoms with Crippen molar-refractivity contribution in [3.05, 3.63) is 35.4 Å². The summed E-state index contributed by atoms with van der Waals surface area (Å²) in [5.74, 6) is 0.115. The molecule has 0 amide bonds. The van der Waals surface area contributed by atoms with Gasteiger partial charge in [0.25, 0.3) is 0 Å². The molecule has 0 radical (unpaired) electrons. The Labute approximate surface area is 120 Å². The number of rotatable bonds is 5.